The van der Waals surface area contributed by atoms with Crippen molar-refractivity contribution in [3.63, 3.8) is 0 Å². The van der Waals surface area contributed by atoms with E-state index >= 15 is 0 Å². The maximum atomic E-state index is 12.5. The molecule has 0 amide bonds. The second kappa shape index (κ2) is 26.0. The van der Waals surface area contributed by atoms with Gasteiger partial charge in [-0.3, -0.25) is 9.59 Å². The first-order valence-electron chi connectivity index (χ1n) is 16.6. The van der Waals surface area contributed by atoms with Crippen molar-refractivity contribution in [2.45, 2.75) is 154 Å². The second-order valence-electron chi connectivity index (χ2n) is 12.4. The molecule has 0 spiro atoms. The molecule has 0 heterocycles. The zero-order chi connectivity index (χ0) is 30.8. The van der Waals surface area contributed by atoms with Crippen LogP contribution in [0.25, 0.3) is 0 Å². The lowest BCUT2D eigenvalue weighted by molar-refractivity contribution is -0.889. The molecule has 0 aliphatic carbocycles. The largest absolute Gasteiger partial charge is 0.544 e. The predicted molar refractivity (Wildman–Crippen MR) is 162 cm³/mol. The molecule has 0 fully saturated rings. The Bertz CT molecular complexity index is 662. The number of aliphatic carboxylic acids is 1. The minimum atomic E-state index is -1.13. The van der Waals surface area contributed by atoms with E-state index in [0.717, 1.165) is 38.5 Å². The fourth-order valence-corrected chi connectivity index (χ4v) is 4.83. The van der Waals surface area contributed by atoms with E-state index in [1.54, 1.807) is 21.1 Å². The lowest BCUT2D eigenvalue weighted by Crippen LogP contribution is -2.55. The Labute approximate surface area is 251 Å². The van der Waals surface area contributed by atoms with Gasteiger partial charge in [-0.1, -0.05) is 110 Å². The number of ether oxygens (including phenoxy) is 3. The Morgan fingerprint density at radius 3 is 1.51 bits per heavy atom. The summed E-state index contributed by atoms with van der Waals surface area (Å²) in [6.07, 6.45) is 19.9. The van der Waals surface area contributed by atoms with Crippen molar-refractivity contribution in [2.75, 3.05) is 41.0 Å². The summed E-state index contributed by atoms with van der Waals surface area (Å²) in [5, 5.41) is 11.5. The topological polar surface area (TPSA) is 102 Å². The number of nitrogens with zero attached hydrogens (tertiary/aromatic N) is 1. The molecule has 41 heavy (non-hydrogen) atoms. The summed E-state index contributed by atoms with van der Waals surface area (Å²) >= 11 is 0. The van der Waals surface area contributed by atoms with Crippen LogP contribution in [0.2, 0.25) is 0 Å². The van der Waals surface area contributed by atoms with E-state index in [4.69, 9.17) is 14.2 Å². The highest BCUT2D eigenvalue weighted by Crippen LogP contribution is 2.13. The molecule has 0 saturated heterocycles. The summed E-state index contributed by atoms with van der Waals surface area (Å²) in [7, 11) is 5.39. The number of carbonyl (C=O) groups excluding carboxylic acids is 3. The van der Waals surface area contributed by atoms with Crippen molar-refractivity contribution in [3.05, 3.63) is 0 Å². The molecule has 0 aromatic heterocycles. The molecule has 0 aromatic carbocycles. The first kappa shape index (κ1) is 39.3. The first-order chi connectivity index (χ1) is 19.6. The Hall–Kier alpha value is -1.67. The number of hydrogen-bond donors (Lipinski definition) is 0. The van der Waals surface area contributed by atoms with Gasteiger partial charge >= 0.3 is 11.9 Å². The molecular weight excluding hydrogens is 522 g/mol. The van der Waals surface area contributed by atoms with Gasteiger partial charge in [-0.15, -0.1) is 0 Å². The van der Waals surface area contributed by atoms with Crippen LogP contribution in [0, 0.1) is 0 Å². The van der Waals surface area contributed by atoms with Gasteiger partial charge in [-0.2, -0.15) is 0 Å². The maximum Gasteiger partial charge on any atom is 0.306 e. The number of hydrogen-bond acceptors (Lipinski definition) is 7. The Balaban J connectivity index is 4.49. The van der Waals surface area contributed by atoms with Crippen molar-refractivity contribution < 1.29 is 38.2 Å². The highest BCUT2D eigenvalue weighted by atomic mass is 16.6. The number of rotatable bonds is 29. The van der Waals surface area contributed by atoms with Crippen molar-refractivity contribution >= 4 is 17.9 Å². The van der Waals surface area contributed by atoms with Crippen molar-refractivity contribution in [2.24, 2.45) is 0 Å². The zero-order valence-electron chi connectivity index (χ0n) is 27.2. The smallest absolute Gasteiger partial charge is 0.306 e. The molecule has 0 saturated carbocycles. The average molecular weight is 586 g/mol. The van der Waals surface area contributed by atoms with Gasteiger partial charge in [-0.25, -0.2) is 0 Å². The average Bonchev–Trinajstić information content (AvgIpc) is 2.91. The summed E-state index contributed by atoms with van der Waals surface area (Å²) < 4.78 is 16.9. The fourth-order valence-electron chi connectivity index (χ4n) is 4.83. The summed E-state index contributed by atoms with van der Waals surface area (Å²) in [5.41, 5.74) is 0. The van der Waals surface area contributed by atoms with E-state index in [0.29, 0.717) is 12.8 Å². The number of carbonyl (C=O) groups is 3. The predicted octanol–water partition coefficient (Wildman–Crippen LogP) is 6.12. The van der Waals surface area contributed by atoms with Crippen LogP contribution in [-0.2, 0) is 28.6 Å². The minimum absolute atomic E-state index is 0.0471. The van der Waals surface area contributed by atoms with Crippen LogP contribution in [0.3, 0.4) is 0 Å². The van der Waals surface area contributed by atoms with E-state index in [2.05, 4.69) is 13.8 Å². The Morgan fingerprint density at radius 2 is 1.07 bits per heavy atom. The van der Waals surface area contributed by atoms with E-state index in [1.165, 1.54) is 70.6 Å². The van der Waals surface area contributed by atoms with E-state index in [1.807, 2.05) is 0 Å². The normalized spacial score (nSPS) is 13.1. The second-order valence-corrected chi connectivity index (χ2v) is 12.4. The third-order valence-corrected chi connectivity index (χ3v) is 7.49. The molecule has 8 heteroatoms. The van der Waals surface area contributed by atoms with Gasteiger partial charge in [0, 0.05) is 19.3 Å². The quantitative estimate of drug-likeness (QED) is 0.0592. The highest BCUT2D eigenvalue weighted by molar-refractivity contribution is 5.70. The maximum absolute atomic E-state index is 12.5. The van der Waals surface area contributed by atoms with Gasteiger partial charge in [0.05, 0.1) is 40.3 Å². The van der Waals surface area contributed by atoms with Gasteiger partial charge in [0.1, 0.15) is 12.6 Å². The SMILES string of the molecule is CCCCCCCCCCCC(=O)OC(COCCC(C(=O)[O-])[N+](C)(C)C)COC(=O)CCCCCCCCCC. The van der Waals surface area contributed by atoms with Gasteiger partial charge in [0.25, 0.3) is 0 Å². The molecule has 0 N–H and O–H groups in total. The molecule has 0 aliphatic rings. The Kier molecular flexibility index (Phi) is 24.9. The van der Waals surface area contributed by atoms with Gasteiger partial charge in [0.2, 0.25) is 0 Å². The Morgan fingerprint density at radius 1 is 0.634 bits per heavy atom. The summed E-state index contributed by atoms with van der Waals surface area (Å²) in [5.74, 6) is -1.74. The van der Waals surface area contributed by atoms with Crippen LogP contribution >= 0.6 is 0 Å². The molecule has 0 aromatic rings. The monoisotopic (exact) mass is 585 g/mol. The number of carboxylic acid groups (broad SMARTS) is 1. The lowest BCUT2D eigenvalue weighted by atomic mass is 10.1. The van der Waals surface area contributed by atoms with Crippen LogP contribution in [0.15, 0.2) is 0 Å². The van der Waals surface area contributed by atoms with Gasteiger partial charge in [-0.05, 0) is 12.8 Å². The number of quaternary nitrogens is 1. The third-order valence-electron chi connectivity index (χ3n) is 7.49. The van der Waals surface area contributed by atoms with E-state index in [-0.39, 0.29) is 42.7 Å². The molecule has 0 radical (unpaired) electrons. The standard InChI is InChI=1S/C33H63NO7/c1-6-8-10-12-14-16-18-20-22-24-32(36)41-29(27-39-26-25-30(33(37)38)34(3,4)5)28-40-31(35)23-21-19-17-15-13-11-9-7-2/h29-30H,6-28H2,1-5H3. The molecule has 0 aliphatic heterocycles. The minimum Gasteiger partial charge on any atom is -0.544 e. The van der Waals surface area contributed by atoms with Crippen LogP contribution in [0.5, 0.6) is 0 Å². The molecule has 0 bridgehead atoms. The third kappa shape index (κ3) is 24.6. The van der Waals surface area contributed by atoms with E-state index in [9.17, 15) is 19.5 Å². The van der Waals surface area contributed by atoms with Crippen molar-refractivity contribution in [1.29, 1.82) is 0 Å². The summed E-state index contributed by atoms with van der Waals surface area (Å²) in [4.78, 5) is 36.3. The molecule has 0 rings (SSSR count). The van der Waals surface area contributed by atoms with Crippen LogP contribution in [-0.4, -0.2) is 75.5 Å². The number of carboxylic acids is 1. The molecule has 242 valence electrons. The first-order valence-corrected chi connectivity index (χ1v) is 16.6. The molecule has 2 unspecified atom stereocenters. The lowest BCUT2D eigenvalue weighted by Gasteiger charge is -2.34. The van der Waals surface area contributed by atoms with Crippen LogP contribution in [0.1, 0.15) is 142 Å². The van der Waals surface area contributed by atoms with E-state index < -0.39 is 18.1 Å². The van der Waals surface area contributed by atoms with Gasteiger partial charge in [0.15, 0.2) is 6.10 Å². The number of esters is 2. The van der Waals surface area contributed by atoms with Crippen LogP contribution < -0.4 is 5.11 Å². The number of likely N-dealkylation sites (N-methyl/N-ethyl adjacent to an activating group) is 1. The fraction of sp³-hybridized carbons (Fsp3) is 0.909. The molecule has 2 atom stereocenters. The van der Waals surface area contributed by atoms with Gasteiger partial charge < -0.3 is 28.6 Å². The summed E-state index contributed by atoms with van der Waals surface area (Å²) in [6.45, 7) is 4.59. The van der Waals surface area contributed by atoms with Crippen LogP contribution in [0.4, 0.5) is 0 Å². The molecule has 8 nitrogen and oxygen atoms in total. The molecular formula is C33H63NO7. The summed E-state index contributed by atoms with van der Waals surface area (Å²) in [6, 6.07) is -0.716. The highest BCUT2D eigenvalue weighted by Gasteiger charge is 2.25. The number of unbranched alkanes of at least 4 members (excludes halogenated alkanes) is 15. The van der Waals surface area contributed by atoms with Crippen molar-refractivity contribution in [1.82, 2.24) is 0 Å². The van der Waals surface area contributed by atoms with Crippen molar-refractivity contribution in [3.8, 4) is 0 Å². The zero-order valence-corrected chi connectivity index (χ0v) is 27.2.